The summed E-state index contributed by atoms with van der Waals surface area (Å²) >= 11 is 0. The van der Waals surface area contributed by atoms with Gasteiger partial charge in [-0.3, -0.25) is 0 Å². The third kappa shape index (κ3) is 1.69. The lowest BCUT2D eigenvalue weighted by molar-refractivity contribution is 0.0687. The monoisotopic (exact) mass is 216 g/mol. The minimum absolute atomic E-state index is 0.175. The van der Waals surface area contributed by atoms with Gasteiger partial charge in [0.2, 0.25) is 0 Å². The zero-order chi connectivity index (χ0) is 11.7. The fourth-order valence-corrected chi connectivity index (χ4v) is 1.60. The molecule has 0 atom stereocenters. The van der Waals surface area contributed by atoms with Crippen molar-refractivity contribution in [2.75, 3.05) is 0 Å². The fraction of sp³-hybridized carbons (Fsp3) is 0.167. The predicted octanol–water partition coefficient (Wildman–Crippen LogP) is 2.19. The number of carbonyl (C=O) groups is 1. The van der Waals surface area contributed by atoms with Crippen molar-refractivity contribution in [2.24, 2.45) is 0 Å². The highest BCUT2D eigenvalue weighted by molar-refractivity contribution is 5.86. The third-order valence-corrected chi connectivity index (χ3v) is 2.45. The first-order chi connectivity index (χ1) is 7.59. The molecule has 0 aliphatic carbocycles. The summed E-state index contributed by atoms with van der Waals surface area (Å²) in [6.45, 7) is 3.90. The van der Waals surface area contributed by atoms with Crippen molar-refractivity contribution in [1.82, 2.24) is 9.78 Å². The van der Waals surface area contributed by atoms with Gasteiger partial charge < -0.3 is 5.11 Å². The normalized spacial score (nSPS) is 10.4. The quantitative estimate of drug-likeness (QED) is 0.837. The van der Waals surface area contributed by atoms with E-state index in [9.17, 15) is 4.79 Å². The molecule has 0 aliphatic heterocycles. The van der Waals surface area contributed by atoms with Gasteiger partial charge in [0.25, 0.3) is 0 Å². The van der Waals surface area contributed by atoms with Gasteiger partial charge in [0.1, 0.15) is 0 Å². The Hall–Kier alpha value is -2.10. The van der Waals surface area contributed by atoms with E-state index in [1.807, 2.05) is 32.0 Å². The van der Waals surface area contributed by atoms with Gasteiger partial charge in [0, 0.05) is 0 Å². The SMILES string of the molecule is Cc1ccc(C)c(-n2nccc2C(=O)O)c1. The molecule has 0 aliphatic rings. The van der Waals surface area contributed by atoms with Crippen LogP contribution in [0, 0.1) is 13.8 Å². The van der Waals surface area contributed by atoms with E-state index in [2.05, 4.69) is 5.10 Å². The first kappa shape index (κ1) is 10.4. The molecule has 2 aromatic rings. The Morgan fingerprint density at radius 1 is 1.31 bits per heavy atom. The van der Waals surface area contributed by atoms with Crippen LogP contribution in [0.3, 0.4) is 0 Å². The molecule has 1 aromatic heterocycles. The highest BCUT2D eigenvalue weighted by atomic mass is 16.4. The van der Waals surface area contributed by atoms with Crippen molar-refractivity contribution in [3.63, 3.8) is 0 Å². The zero-order valence-electron chi connectivity index (χ0n) is 9.14. The molecule has 0 saturated carbocycles. The molecule has 1 aromatic carbocycles. The van der Waals surface area contributed by atoms with Crippen molar-refractivity contribution in [3.05, 3.63) is 47.3 Å². The minimum Gasteiger partial charge on any atom is -0.477 e. The van der Waals surface area contributed by atoms with Crippen LogP contribution >= 0.6 is 0 Å². The Morgan fingerprint density at radius 3 is 2.75 bits per heavy atom. The van der Waals surface area contributed by atoms with E-state index in [0.29, 0.717) is 0 Å². The third-order valence-electron chi connectivity index (χ3n) is 2.45. The highest BCUT2D eigenvalue weighted by Crippen LogP contribution is 2.17. The lowest BCUT2D eigenvalue weighted by Crippen LogP contribution is -2.09. The van der Waals surface area contributed by atoms with E-state index in [0.717, 1.165) is 16.8 Å². The molecule has 0 spiro atoms. The number of nitrogens with zero attached hydrogens (tertiary/aromatic N) is 2. The Morgan fingerprint density at radius 2 is 2.06 bits per heavy atom. The molecule has 0 saturated heterocycles. The summed E-state index contributed by atoms with van der Waals surface area (Å²) in [6, 6.07) is 7.36. The molecule has 0 fully saturated rings. The van der Waals surface area contributed by atoms with Crippen molar-refractivity contribution >= 4 is 5.97 Å². The second-order valence-electron chi connectivity index (χ2n) is 3.72. The Bertz CT molecular complexity index is 544. The van der Waals surface area contributed by atoms with Crippen LogP contribution < -0.4 is 0 Å². The van der Waals surface area contributed by atoms with Gasteiger partial charge in [0.15, 0.2) is 5.69 Å². The molecule has 1 N–H and O–H groups in total. The van der Waals surface area contributed by atoms with E-state index in [-0.39, 0.29) is 5.69 Å². The molecule has 0 unspecified atom stereocenters. The van der Waals surface area contributed by atoms with Crippen molar-refractivity contribution in [2.45, 2.75) is 13.8 Å². The van der Waals surface area contributed by atoms with Gasteiger partial charge in [-0.25, -0.2) is 9.48 Å². The van der Waals surface area contributed by atoms with Crippen LogP contribution in [0.5, 0.6) is 0 Å². The summed E-state index contributed by atoms with van der Waals surface area (Å²) in [4.78, 5) is 11.0. The van der Waals surface area contributed by atoms with Gasteiger partial charge in [-0.1, -0.05) is 12.1 Å². The van der Waals surface area contributed by atoms with Crippen LogP contribution in [0.15, 0.2) is 30.5 Å². The average molecular weight is 216 g/mol. The zero-order valence-corrected chi connectivity index (χ0v) is 9.14. The van der Waals surface area contributed by atoms with Crippen molar-refractivity contribution in [3.8, 4) is 5.69 Å². The van der Waals surface area contributed by atoms with Crippen LogP contribution in [-0.2, 0) is 0 Å². The van der Waals surface area contributed by atoms with E-state index in [1.165, 1.54) is 16.9 Å². The fourth-order valence-electron chi connectivity index (χ4n) is 1.60. The number of carboxylic acids is 1. The number of rotatable bonds is 2. The van der Waals surface area contributed by atoms with Crippen LogP contribution in [0.25, 0.3) is 5.69 Å². The molecule has 1 heterocycles. The first-order valence-corrected chi connectivity index (χ1v) is 4.94. The number of aromatic nitrogens is 2. The molecule has 0 amide bonds. The first-order valence-electron chi connectivity index (χ1n) is 4.94. The van der Waals surface area contributed by atoms with Crippen LogP contribution in [0.2, 0.25) is 0 Å². The maximum Gasteiger partial charge on any atom is 0.354 e. The average Bonchev–Trinajstić information content (AvgIpc) is 2.70. The largest absolute Gasteiger partial charge is 0.477 e. The Labute approximate surface area is 93.1 Å². The van der Waals surface area contributed by atoms with Gasteiger partial charge in [-0.2, -0.15) is 5.10 Å². The Balaban J connectivity index is 2.62. The number of hydrogen-bond donors (Lipinski definition) is 1. The second-order valence-corrected chi connectivity index (χ2v) is 3.72. The molecule has 4 nitrogen and oxygen atoms in total. The smallest absolute Gasteiger partial charge is 0.354 e. The molecule has 0 radical (unpaired) electrons. The molecule has 2 rings (SSSR count). The topological polar surface area (TPSA) is 55.1 Å². The van der Waals surface area contributed by atoms with Gasteiger partial charge >= 0.3 is 5.97 Å². The van der Waals surface area contributed by atoms with E-state index in [4.69, 9.17) is 5.11 Å². The van der Waals surface area contributed by atoms with E-state index < -0.39 is 5.97 Å². The second kappa shape index (κ2) is 3.81. The summed E-state index contributed by atoms with van der Waals surface area (Å²) in [5, 5.41) is 13.1. The number of carboxylic acid groups (broad SMARTS) is 1. The van der Waals surface area contributed by atoms with Crippen LogP contribution in [-0.4, -0.2) is 20.9 Å². The summed E-state index contributed by atoms with van der Waals surface area (Å²) in [5.41, 5.74) is 3.06. The van der Waals surface area contributed by atoms with Gasteiger partial charge in [-0.05, 0) is 37.1 Å². The molecular formula is C12H12N2O2. The standard InChI is InChI=1S/C12H12N2O2/c1-8-3-4-9(2)11(7-8)14-10(12(15)16)5-6-13-14/h3-7H,1-2H3,(H,15,16). The number of hydrogen-bond acceptors (Lipinski definition) is 2. The molecule has 0 bridgehead atoms. The molecule has 82 valence electrons. The molecular weight excluding hydrogens is 204 g/mol. The van der Waals surface area contributed by atoms with Crippen LogP contribution in [0.4, 0.5) is 0 Å². The van der Waals surface area contributed by atoms with Crippen LogP contribution in [0.1, 0.15) is 21.6 Å². The summed E-state index contributed by atoms with van der Waals surface area (Å²) < 4.78 is 1.45. The highest BCUT2D eigenvalue weighted by Gasteiger charge is 2.12. The maximum absolute atomic E-state index is 11.0. The molecule has 16 heavy (non-hydrogen) atoms. The maximum atomic E-state index is 11.0. The number of aromatic carboxylic acids is 1. The van der Waals surface area contributed by atoms with E-state index >= 15 is 0 Å². The minimum atomic E-state index is -0.974. The van der Waals surface area contributed by atoms with Gasteiger partial charge in [-0.15, -0.1) is 0 Å². The number of aryl methyl sites for hydroxylation is 2. The molecule has 4 heteroatoms. The lowest BCUT2D eigenvalue weighted by atomic mass is 10.1. The Kier molecular flexibility index (Phi) is 2.48. The lowest BCUT2D eigenvalue weighted by Gasteiger charge is -2.08. The van der Waals surface area contributed by atoms with E-state index in [1.54, 1.807) is 0 Å². The summed E-state index contributed by atoms with van der Waals surface area (Å²) in [6.07, 6.45) is 1.49. The van der Waals surface area contributed by atoms with Crippen molar-refractivity contribution in [1.29, 1.82) is 0 Å². The van der Waals surface area contributed by atoms with Crippen molar-refractivity contribution < 1.29 is 9.90 Å². The predicted molar refractivity (Wildman–Crippen MR) is 60.0 cm³/mol. The summed E-state index contributed by atoms with van der Waals surface area (Å²) in [7, 11) is 0. The number of benzene rings is 1. The van der Waals surface area contributed by atoms with Gasteiger partial charge in [0.05, 0.1) is 11.9 Å². The summed E-state index contributed by atoms with van der Waals surface area (Å²) in [5.74, 6) is -0.974.